The van der Waals surface area contributed by atoms with Crippen LogP contribution in [0.15, 0.2) is 164 Å². The van der Waals surface area contributed by atoms with Crippen LogP contribution in [0.1, 0.15) is 34.1 Å². The Morgan fingerprint density at radius 2 is 0.814 bits per heavy atom. The number of nitrogens with zero attached hydrogens (tertiary/aromatic N) is 1. The molecule has 2 atom stereocenters. The first-order valence-electron chi connectivity index (χ1n) is 15.0. The smallest absolute Gasteiger partial charge is 0.0465 e. The van der Waals surface area contributed by atoms with E-state index in [1.807, 2.05) is 0 Å². The molecule has 1 nitrogen and oxygen atoms in total. The van der Waals surface area contributed by atoms with Gasteiger partial charge in [0, 0.05) is 28.9 Å². The fourth-order valence-corrected chi connectivity index (χ4v) is 6.67. The number of benzene rings is 6. The first-order chi connectivity index (χ1) is 21.3. The number of anilines is 3. The second-order valence-electron chi connectivity index (χ2n) is 11.4. The minimum Gasteiger partial charge on any atom is -0.310 e. The standard InChI is InChI=1S/C42H31N/c1-3-9-30(10-4-1)31-15-17-32(18-16-31)33-19-24-37(25-20-33)43(36-12-5-2-6-13-36)38-26-21-35-23-27-40-39-14-8-7-11-34(39)22-28-41(40)42(35)29-38/h1-29,40-41H. The lowest BCUT2D eigenvalue weighted by atomic mass is 9.72. The second-order valence-corrected chi connectivity index (χ2v) is 11.4. The molecular formula is C42H31N. The molecule has 0 aromatic heterocycles. The molecule has 43 heavy (non-hydrogen) atoms. The summed E-state index contributed by atoms with van der Waals surface area (Å²) in [4.78, 5) is 2.37. The Hall–Kier alpha value is -5.40. The van der Waals surface area contributed by atoms with Crippen molar-refractivity contribution in [2.24, 2.45) is 0 Å². The molecule has 8 rings (SSSR count). The van der Waals surface area contributed by atoms with Crippen LogP contribution in [0.3, 0.4) is 0 Å². The van der Waals surface area contributed by atoms with Gasteiger partial charge in [-0.2, -0.15) is 0 Å². The fraction of sp³-hybridized carbons (Fsp3) is 0.0476. The zero-order valence-corrected chi connectivity index (χ0v) is 23.8. The minimum absolute atomic E-state index is 0.328. The Morgan fingerprint density at radius 3 is 1.49 bits per heavy atom. The van der Waals surface area contributed by atoms with E-state index in [0.29, 0.717) is 11.8 Å². The summed E-state index contributed by atoms with van der Waals surface area (Å²) >= 11 is 0. The molecule has 0 amide bonds. The molecule has 2 aliphatic carbocycles. The van der Waals surface area contributed by atoms with E-state index in [1.165, 1.54) is 50.2 Å². The number of para-hydroxylation sites is 1. The number of hydrogen-bond donors (Lipinski definition) is 0. The van der Waals surface area contributed by atoms with Crippen LogP contribution in [0.2, 0.25) is 0 Å². The number of hydrogen-bond acceptors (Lipinski definition) is 1. The largest absolute Gasteiger partial charge is 0.310 e. The van der Waals surface area contributed by atoms with Crippen LogP contribution < -0.4 is 4.90 Å². The average Bonchev–Trinajstić information content (AvgIpc) is 3.09. The van der Waals surface area contributed by atoms with Gasteiger partial charge in [0.05, 0.1) is 0 Å². The molecule has 6 aromatic rings. The molecule has 1 heteroatoms. The number of allylic oxidation sites excluding steroid dienone is 2. The minimum atomic E-state index is 0.328. The molecular weight excluding hydrogens is 518 g/mol. The predicted octanol–water partition coefficient (Wildman–Crippen LogP) is 11.4. The first-order valence-corrected chi connectivity index (χ1v) is 15.0. The summed E-state index contributed by atoms with van der Waals surface area (Å²) in [6.07, 6.45) is 9.38. The van der Waals surface area contributed by atoms with Crippen molar-refractivity contribution < 1.29 is 0 Å². The van der Waals surface area contributed by atoms with Crippen LogP contribution in [-0.4, -0.2) is 0 Å². The van der Waals surface area contributed by atoms with Crippen LogP contribution in [0, 0.1) is 0 Å². The molecule has 0 radical (unpaired) electrons. The van der Waals surface area contributed by atoms with Crippen LogP contribution in [0.4, 0.5) is 17.1 Å². The Morgan fingerprint density at radius 1 is 0.349 bits per heavy atom. The third kappa shape index (κ3) is 4.70. The van der Waals surface area contributed by atoms with E-state index in [0.717, 1.165) is 11.4 Å². The first kappa shape index (κ1) is 25.3. The van der Waals surface area contributed by atoms with Crippen LogP contribution in [0.25, 0.3) is 34.4 Å². The summed E-state index contributed by atoms with van der Waals surface area (Å²) in [6.45, 7) is 0. The Balaban J connectivity index is 1.15. The third-order valence-corrected chi connectivity index (χ3v) is 8.86. The molecule has 0 N–H and O–H groups in total. The van der Waals surface area contributed by atoms with E-state index in [4.69, 9.17) is 0 Å². The summed E-state index contributed by atoms with van der Waals surface area (Å²) in [7, 11) is 0. The normalized spacial score (nSPS) is 16.2. The molecule has 6 aromatic carbocycles. The molecule has 0 fully saturated rings. The Labute approximate surface area is 253 Å². The Bertz CT molecular complexity index is 1950. The van der Waals surface area contributed by atoms with Gasteiger partial charge in [0.15, 0.2) is 0 Å². The highest BCUT2D eigenvalue weighted by molar-refractivity contribution is 5.81. The summed E-state index contributed by atoms with van der Waals surface area (Å²) in [6, 6.07) is 54.8. The zero-order chi connectivity index (χ0) is 28.6. The summed E-state index contributed by atoms with van der Waals surface area (Å²) in [5.41, 5.74) is 13.8. The quantitative estimate of drug-likeness (QED) is 0.207. The van der Waals surface area contributed by atoms with Gasteiger partial charge < -0.3 is 4.90 Å². The fourth-order valence-electron chi connectivity index (χ4n) is 6.67. The van der Waals surface area contributed by atoms with Crippen molar-refractivity contribution in [1.82, 2.24) is 0 Å². The lowest BCUT2D eigenvalue weighted by molar-refractivity contribution is 0.722. The topological polar surface area (TPSA) is 3.24 Å². The van der Waals surface area contributed by atoms with Gasteiger partial charge in [-0.15, -0.1) is 0 Å². The molecule has 0 saturated carbocycles. The van der Waals surface area contributed by atoms with Gasteiger partial charge in [0.25, 0.3) is 0 Å². The van der Waals surface area contributed by atoms with Gasteiger partial charge in [-0.25, -0.2) is 0 Å². The molecule has 204 valence electrons. The molecule has 0 aliphatic heterocycles. The lowest BCUT2D eigenvalue weighted by Gasteiger charge is -2.33. The van der Waals surface area contributed by atoms with E-state index in [1.54, 1.807) is 0 Å². The van der Waals surface area contributed by atoms with E-state index in [2.05, 4.69) is 181 Å². The van der Waals surface area contributed by atoms with Gasteiger partial charge in [-0.1, -0.05) is 140 Å². The Kier molecular flexibility index (Phi) is 6.35. The van der Waals surface area contributed by atoms with Crippen LogP contribution in [0.5, 0.6) is 0 Å². The number of fused-ring (bicyclic) bond motifs is 5. The highest BCUT2D eigenvalue weighted by Gasteiger charge is 2.30. The number of rotatable bonds is 5. The van der Waals surface area contributed by atoms with Crippen molar-refractivity contribution in [2.75, 3.05) is 4.90 Å². The van der Waals surface area contributed by atoms with Crippen molar-refractivity contribution in [3.05, 3.63) is 186 Å². The van der Waals surface area contributed by atoms with Crippen molar-refractivity contribution in [1.29, 1.82) is 0 Å². The van der Waals surface area contributed by atoms with Gasteiger partial charge in [0.1, 0.15) is 0 Å². The zero-order valence-electron chi connectivity index (χ0n) is 23.8. The van der Waals surface area contributed by atoms with Crippen molar-refractivity contribution in [3.63, 3.8) is 0 Å². The maximum Gasteiger partial charge on any atom is 0.0465 e. The van der Waals surface area contributed by atoms with E-state index in [-0.39, 0.29) is 0 Å². The predicted molar refractivity (Wildman–Crippen MR) is 182 cm³/mol. The summed E-state index contributed by atoms with van der Waals surface area (Å²) in [5.74, 6) is 0.690. The van der Waals surface area contributed by atoms with E-state index >= 15 is 0 Å². The highest BCUT2D eigenvalue weighted by Crippen LogP contribution is 2.47. The molecule has 0 spiro atoms. The van der Waals surface area contributed by atoms with E-state index in [9.17, 15) is 0 Å². The van der Waals surface area contributed by atoms with Crippen molar-refractivity contribution in [3.8, 4) is 22.3 Å². The highest BCUT2D eigenvalue weighted by atomic mass is 15.1. The molecule has 0 heterocycles. The average molecular weight is 550 g/mol. The van der Waals surface area contributed by atoms with Crippen molar-refractivity contribution >= 4 is 29.2 Å². The lowest BCUT2D eigenvalue weighted by Crippen LogP contribution is -2.17. The van der Waals surface area contributed by atoms with Gasteiger partial charge >= 0.3 is 0 Å². The third-order valence-electron chi connectivity index (χ3n) is 8.86. The second kappa shape index (κ2) is 10.8. The van der Waals surface area contributed by atoms with Crippen molar-refractivity contribution in [2.45, 2.75) is 11.8 Å². The van der Waals surface area contributed by atoms with E-state index < -0.39 is 0 Å². The molecule has 2 unspecified atom stereocenters. The monoisotopic (exact) mass is 549 g/mol. The summed E-state index contributed by atoms with van der Waals surface area (Å²) < 4.78 is 0. The van der Waals surface area contributed by atoms with Crippen LogP contribution >= 0.6 is 0 Å². The van der Waals surface area contributed by atoms with Gasteiger partial charge in [-0.05, 0) is 80.9 Å². The van der Waals surface area contributed by atoms with Gasteiger partial charge in [0.2, 0.25) is 0 Å². The maximum absolute atomic E-state index is 2.40. The summed E-state index contributed by atoms with van der Waals surface area (Å²) in [5, 5.41) is 0. The molecule has 2 aliphatic rings. The van der Waals surface area contributed by atoms with Crippen LogP contribution in [-0.2, 0) is 0 Å². The van der Waals surface area contributed by atoms with Gasteiger partial charge in [-0.3, -0.25) is 0 Å². The maximum atomic E-state index is 2.40. The molecule has 0 saturated heterocycles. The SMILES string of the molecule is C1=CC2c3cc(N(c4ccccc4)c4ccc(-c5ccc(-c6ccccc6)cc5)cc4)ccc3C=CC2c2ccccc21. The molecule has 0 bridgehead atoms.